The van der Waals surface area contributed by atoms with Crippen LogP contribution in [0.3, 0.4) is 0 Å². The minimum absolute atomic E-state index is 0.341. The van der Waals surface area contributed by atoms with Crippen molar-refractivity contribution in [3.63, 3.8) is 0 Å². The van der Waals surface area contributed by atoms with Crippen LogP contribution in [0.25, 0.3) is 0 Å². The molecule has 1 aliphatic rings. The van der Waals surface area contributed by atoms with Crippen LogP contribution in [0.5, 0.6) is 0 Å². The third kappa shape index (κ3) is 4.38. The van der Waals surface area contributed by atoms with Gasteiger partial charge in [0, 0.05) is 18.3 Å². The highest BCUT2D eigenvalue weighted by atomic mass is 32.2. The number of anilines is 2. The first-order chi connectivity index (χ1) is 8.96. The van der Waals surface area contributed by atoms with Crippen molar-refractivity contribution in [2.45, 2.75) is 31.9 Å². The summed E-state index contributed by atoms with van der Waals surface area (Å²) in [4.78, 5) is 0. The number of nitrogens with one attached hydrogen (secondary N) is 2. The minimum Gasteiger partial charge on any atom is -0.382 e. The Kier molecular flexibility index (Phi) is 4.28. The average molecular weight is 285 g/mol. The summed E-state index contributed by atoms with van der Waals surface area (Å²) in [6, 6.07) is 7.41. The number of rotatable bonds is 6. The molecule has 0 aromatic heterocycles. The first kappa shape index (κ1) is 14.1. The Hall–Kier alpha value is -1.31. The molecule has 0 saturated heterocycles. The second-order valence-electron chi connectivity index (χ2n) is 4.62. The van der Waals surface area contributed by atoms with Crippen LogP contribution < -0.4 is 15.2 Å². The van der Waals surface area contributed by atoms with Crippen molar-refractivity contribution in [1.82, 2.24) is 0 Å². The number of nitrogens with two attached hydrogens (primary N) is 1. The second-order valence-corrected chi connectivity index (χ2v) is 5.91. The van der Waals surface area contributed by atoms with Crippen LogP contribution in [-0.4, -0.2) is 27.2 Å². The monoisotopic (exact) mass is 285 g/mol. The predicted molar refractivity (Wildman–Crippen MR) is 75.2 cm³/mol. The molecule has 0 atom stereocenters. The first-order valence-corrected chi connectivity index (χ1v) is 7.79. The topological polar surface area (TPSA) is 93.4 Å². The molecule has 106 valence electrons. The van der Waals surface area contributed by atoms with Crippen molar-refractivity contribution in [2.24, 2.45) is 5.14 Å². The van der Waals surface area contributed by atoms with E-state index in [0.29, 0.717) is 17.8 Å². The maximum Gasteiger partial charge on any atom is 0.296 e. The van der Waals surface area contributed by atoms with Crippen molar-refractivity contribution in [3.8, 4) is 0 Å². The van der Waals surface area contributed by atoms with Crippen LogP contribution in [0.1, 0.15) is 19.8 Å². The van der Waals surface area contributed by atoms with E-state index in [4.69, 9.17) is 9.88 Å². The summed E-state index contributed by atoms with van der Waals surface area (Å²) < 4.78 is 29.6. The van der Waals surface area contributed by atoms with Gasteiger partial charge in [0.2, 0.25) is 0 Å². The molecule has 1 aromatic rings. The normalized spacial score (nSPS) is 22.6. The van der Waals surface area contributed by atoms with Crippen molar-refractivity contribution >= 4 is 21.6 Å². The Morgan fingerprint density at radius 3 is 2.68 bits per heavy atom. The zero-order valence-corrected chi connectivity index (χ0v) is 11.6. The number of hydrogen-bond acceptors (Lipinski definition) is 4. The Bertz CT molecular complexity index is 527. The molecule has 0 spiro atoms. The van der Waals surface area contributed by atoms with Gasteiger partial charge in [0.15, 0.2) is 0 Å². The van der Waals surface area contributed by atoms with E-state index in [1.54, 1.807) is 18.2 Å². The zero-order valence-electron chi connectivity index (χ0n) is 10.8. The number of hydrogen-bond donors (Lipinski definition) is 3. The molecule has 0 aliphatic heterocycles. The molecule has 2 rings (SSSR count). The minimum atomic E-state index is -3.73. The highest BCUT2D eigenvalue weighted by Crippen LogP contribution is 2.27. The third-order valence-electron chi connectivity index (χ3n) is 2.99. The summed E-state index contributed by atoms with van der Waals surface area (Å²) in [7, 11) is -3.73. The molecule has 4 N–H and O–H groups in total. The standard InChI is InChI=1S/C12H19N3O3S/c1-2-18-12-7-11(8-12)14-9-4-3-5-10(6-9)15-19(13,16)17/h3-6,11-12,14-15H,2,7-8H2,1H3,(H2,13,16,17). The van der Waals surface area contributed by atoms with Gasteiger partial charge in [-0.15, -0.1) is 0 Å². The molecule has 7 heteroatoms. The molecule has 0 bridgehead atoms. The molecule has 0 unspecified atom stereocenters. The van der Waals surface area contributed by atoms with Gasteiger partial charge < -0.3 is 10.1 Å². The van der Waals surface area contributed by atoms with Gasteiger partial charge in [-0.05, 0) is 38.0 Å². The second kappa shape index (κ2) is 5.77. The molecule has 1 fully saturated rings. The lowest BCUT2D eigenvalue weighted by atomic mass is 9.89. The van der Waals surface area contributed by atoms with E-state index >= 15 is 0 Å². The third-order valence-corrected chi connectivity index (χ3v) is 3.51. The first-order valence-electron chi connectivity index (χ1n) is 6.25. The van der Waals surface area contributed by atoms with Gasteiger partial charge in [-0.3, -0.25) is 4.72 Å². The van der Waals surface area contributed by atoms with E-state index in [1.807, 2.05) is 13.0 Å². The molecule has 19 heavy (non-hydrogen) atoms. The van der Waals surface area contributed by atoms with Crippen molar-refractivity contribution in [1.29, 1.82) is 0 Å². The molecular weight excluding hydrogens is 266 g/mol. The Balaban J connectivity index is 1.90. The van der Waals surface area contributed by atoms with Crippen LogP contribution in [0.15, 0.2) is 24.3 Å². The van der Waals surface area contributed by atoms with Crippen LogP contribution in [0, 0.1) is 0 Å². The zero-order chi connectivity index (χ0) is 13.9. The maximum absolute atomic E-state index is 10.9. The average Bonchev–Trinajstić information content (AvgIpc) is 2.24. The van der Waals surface area contributed by atoms with Crippen LogP contribution in [-0.2, 0) is 14.9 Å². The van der Waals surface area contributed by atoms with Crippen LogP contribution in [0.2, 0.25) is 0 Å². The molecule has 0 heterocycles. The van der Waals surface area contributed by atoms with E-state index in [-0.39, 0.29) is 0 Å². The lowest BCUT2D eigenvalue weighted by Crippen LogP contribution is -2.40. The smallest absolute Gasteiger partial charge is 0.296 e. The lowest BCUT2D eigenvalue weighted by molar-refractivity contribution is 0.00299. The SMILES string of the molecule is CCOC1CC(Nc2cccc(NS(N)(=O)=O)c2)C1. The van der Waals surface area contributed by atoms with E-state index in [9.17, 15) is 8.42 Å². The van der Waals surface area contributed by atoms with Gasteiger partial charge in [-0.25, -0.2) is 5.14 Å². The van der Waals surface area contributed by atoms with Crippen molar-refractivity contribution in [2.75, 3.05) is 16.6 Å². The summed E-state index contributed by atoms with van der Waals surface area (Å²) in [5.74, 6) is 0. The van der Waals surface area contributed by atoms with Gasteiger partial charge in [0.25, 0.3) is 10.2 Å². The molecular formula is C12H19N3O3S. The van der Waals surface area contributed by atoms with E-state index in [2.05, 4.69) is 10.0 Å². The quantitative estimate of drug-likeness (QED) is 0.734. The summed E-state index contributed by atoms with van der Waals surface area (Å²) in [6.45, 7) is 2.73. The largest absolute Gasteiger partial charge is 0.382 e. The molecule has 1 aliphatic carbocycles. The van der Waals surface area contributed by atoms with Gasteiger partial charge in [0.05, 0.1) is 11.8 Å². The van der Waals surface area contributed by atoms with E-state index < -0.39 is 10.2 Å². The fourth-order valence-corrected chi connectivity index (χ4v) is 2.58. The Labute approximate surface area is 113 Å². The van der Waals surface area contributed by atoms with Crippen molar-refractivity contribution < 1.29 is 13.2 Å². The number of ether oxygens (including phenoxy) is 1. The molecule has 0 radical (unpaired) electrons. The fourth-order valence-electron chi connectivity index (χ4n) is 2.13. The van der Waals surface area contributed by atoms with E-state index in [0.717, 1.165) is 25.1 Å². The molecule has 1 saturated carbocycles. The van der Waals surface area contributed by atoms with Gasteiger partial charge in [-0.2, -0.15) is 8.42 Å². The molecule has 6 nitrogen and oxygen atoms in total. The van der Waals surface area contributed by atoms with Gasteiger partial charge >= 0.3 is 0 Å². The highest BCUT2D eigenvalue weighted by Gasteiger charge is 2.29. The van der Waals surface area contributed by atoms with Gasteiger partial charge in [0.1, 0.15) is 0 Å². The summed E-state index contributed by atoms with van der Waals surface area (Å²) in [6.07, 6.45) is 2.29. The predicted octanol–water partition coefficient (Wildman–Crippen LogP) is 1.28. The fraction of sp³-hybridized carbons (Fsp3) is 0.500. The molecule has 1 aromatic carbocycles. The summed E-state index contributed by atoms with van der Waals surface area (Å²) in [5, 5.41) is 8.27. The van der Waals surface area contributed by atoms with Crippen LogP contribution in [0.4, 0.5) is 11.4 Å². The summed E-state index contributed by atoms with van der Waals surface area (Å²) >= 11 is 0. The maximum atomic E-state index is 10.9. The highest BCUT2D eigenvalue weighted by molar-refractivity contribution is 7.90. The van der Waals surface area contributed by atoms with Gasteiger partial charge in [-0.1, -0.05) is 6.07 Å². The lowest BCUT2D eigenvalue weighted by Gasteiger charge is -2.36. The van der Waals surface area contributed by atoms with Crippen molar-refractivity contribution in [3.05, 3.63) is 24.3 Å². The number of benzene rings is 1. The summed E-state index contributed by atoms with van der Waals surface area (Å²) in [5.41, 5.74) is 1.32. The van der Waals surface area contributed by atoms with E-state index in [1.165, 1.54) is 0 Å². The van der Waals surface area contributed by atoms with Crippen LogP contribution >= 0.6 is 0 Å². The Morgan fingerprint density at radius 1 is 1.37 bits per heavy atom. The molecule has 0 amide bonds. The Morgan fingerprint density at radius 2 is 2.05 bits per heavy atom.